The number of rotatable bonds is 5. The number of ether oxygens (including phenoxy) is 1. The number of anilines is 1. The predicted octanol–water partition coefficient (Wildman–Crippen LogP) is 3.29. The zero-order chi connectivity index (χ0) is 17.9. The second-order valence-corrected chi connectivity index (χ2v) is 6.09. The molecule has 0 radical (unpaired) electrons. The summed E-state index contributed by atoms with van der Waals surface area (Å²) in [6.07, 6.45) is -0.854. The normalized spacial score (nSPS) is 11.9. The van der Waals surface area contributed by atoms with Crippen LogP contribution >= 0.6 is 0 Å². The van der Waals surface area contributed by atoms with Gasteiger partial charge < -0.3 is 14.6 Å². The first-order valence-electron chi connectivity index (χ1n) is 7.99. The number of nitrogens with one attached hydrogen (secondary N) is 1. The van der Waals surface area contributed by atoms with Crippen LogP contribution in [0.4, 0.5) is 5.69 Å². The van der Waals surface area contributed by atoms with Gasteiger partial charge in [0.15, 0.2) is 6.10 Å². The van der Waals surface area contributed by atoms with Crippen LogP contribution in [0.1, 0.15) is 29.4 Å². The number of amides is 1. The Morgan fingerprint density at radius 2 is 1.58 bits per heavy atom. The number of nitrogens with zero attached hydrogens (tertiary/aromatic N) is 1. The smallest absolute Gasteiger partial charge is 0.326 e. The Bertz CT molecular complexity index is 722. The van der Waals surface area contributed by atoms with E-state index in [9.17, 15) is 9.59 Å². The van der Waals surface area contributed by atoms with Crippen LogP contribution in [0.5, 0.6) is 0 Å². The summed E-state index contributed by atoms with van der Waals surface area (Å²) in [7, 11) is 0. The number of hydrogen-bond acceptors (Lipinski definition) is 3. The SMILES string of the molecule is Cc1cccc(C)c1NC(=O)[C@H](C)OC(=O)Cn1c(C)ccc1C. The van der Waals surface area contributed by atoms with Gasteiger partial charge in [-0.3, -0.25) is 9.59 Å². The van der Waals surface area contributed by atoms with E-state index < -0.39 is 12.1 Å². The fraction of sp³-hybridized carbons (Fsp3) is 0.368. The van der Waals surface area contributed by atoms with E-state index in [1.54, 1.807) is 6.92 Å². The van der Waals surface area contributed by atoms with Gasteiger partial charge in [-0.05, 0) is 57.9 Å². The van der Waals surface area contributed by atoms with Crippen LogP contribution in [0.2, 0.25) is 0 Å². The highest BCUT2D eigenvalue weighted by molar-refractivity contribution is 5.96. The molecule has 2 aromatic rings. The van der Waals surface area contributed by atoms with Crippen molar-refractivity contribution in [1.82, 2.24) is 4.57 Å². The summed E-state index contributed by atoms with van der Waals surface area (Å²) < 4.78 is 7.14. The van der Waals surface area contributed by atoms with Gasteiger partial charge in [0.25, 0.3) is 5.91 Å². The molecule has 128 valence electrons. The summed E-state index contributed by atoms with van der Waals surface area (Å²) in [4.78, 5) is 24.4. The Morgan fingerprint density at radius 1 is 1.04 bits per heavy atom. The van der Waals surface area contributed by atoms with Crippen molar-refractivity contribution in [2.24, 2.45) is 0 Å². The standard InChI is InChI=1S/C19H24N2O3/c1-12-7-6-8-13(2)18(12)20-19(23)16(5)24-17(22)11-21-14(3)9-10-15(21)4/h6-10,16H,11H2,1-5H3,(H,20,23)/t16-/m0/s1. The molecule has 2 rings (SSSR count). The second kappa shape index (κ2) is 7.34. The van der Waals surface area contributed by atoms with Gasteiger partial charge in [0.1, 0.15) is 6.54 Å². The maximum atomic E-state index is 12.3. The molecule has 0 unspecified atom stereocenters. The molecule has 0 aliphatic heterocycles. The van der Waals surface area contributed by atoms with Crippen LogP contribution < -0.4 is 5.32 Å². The van der Waals surface area contributed by atoms with Crippen molar-refractivity contribution in [2.75, 3.05) is 5.32 Å². The largest absolute Gasteiger partial charge is 0.451 e. The van der Waals surface area contributed by atoms with Gasteiger partial charge in [-0.25, -0.2) is 0 Å². The number of hydrogen-bond donors (Lipinski definition) is 1. The number of carbonyl (C=O) groups is 2. The van der Waals surface area contributed by atoms with Gasteiger partial charge in [-0.1, -0.05) is 18.2 Å². The van der Waals surface area contributed by atoms with E-state index in [2.05, 4.69) is 5.32 Å². The highest BCUT2D eigenvalue weighted by Gasteiger charge is 2.20. The maximum Gasteiger partial charge on any atom is 0.326 e. The van der Waals surface area contributed by atoms with Crippen molar-refractivity contribution in [2.45, 2.75) is 47.3 Å². The molecule has 1 aromatic heterocycles. The highest BCUT2D eigenvalue weighted by atomic mass is 16.5. The summed E-state index contributed by atoms with van der Waals surface area (Å²) in [6.45, 7) is 9.39. The molecule has 1 N–H and O–H groups in total. The van der Waals surface area contributed by atoms with Crippen molar-refractivity contribution in [3.8, 4) is 0 Å². The number of aromatic nitrogens is 1. The van der Waals surface area contributed by atoms with E-state index in [0.717, 1.165) is 28.2 Å². The Morgan fingerprint density at radius 3 is 2.12 bits per heavy atom. The van der Waals surface area contributed by atoms with Gasteiger partial charge in [-0.15, -0.1) is 0 Å². The molecule has 0 spiro atoms. The van der Waals surface area contributed by atoms with E-state index >= 15 is 0 Å². The summed E-state index contributed by atoms with van der Waals surface area (Å²) in [5.74, 6) is -0.761. The van der Waals surface area contributed by atoms with Crippen LogP contribution in [0.15, 0.2) is 30.3 Å². The average Bonchev–Trinajstić information content (AvgIpc) is 2.82. The first kappa shape index (κ1) is 17.8. The lowest BCUT2D eigenvalue weighted by atomic mass is 10.1. The molecule has 24 heavy (non-hydrogen) atoms. The van der Waals surface area contributed by atoms with E-state index in [-0.39, 0.29) is 12.5 Å². The van der Waals surface area contributed by atoms with Gasteiger partial charge in [0.2, 0.25) is 0 Å². The molecular formula is C19H24N2O3. The molecule has 5 heteroatoms. The molecule has 0 saturated carbocycles. The van der Waals surface area contributed by atoms with Crippen molar-refractivity contribution < 1.29 is 14.3 Å². The number of aryl methyl sites for hydroxylation is 4. The van der Waals surface area contributed by atoms with E-state index in [4.69, 9.17) is 4.74 Å². The van der Waals surface area contributed by atoms with E-state index in [1.807, 2.05) is 62.6 Å². The molecular weight excluding hydrogens is 304 g/mol. The van der Waals surface area contributed by atoms with Gasteiger partial charge in [-0.2, -0.15) is 0 Å². The zero-order valence-electron chi connectivity index (χ0n) is 14.8. The van der Waals surface area contributed by atoms with Crippen molar-refractivity contribution in [1.29, 1.82) is 0 Å². The summed E-state index contributed by atoms with van der Waals surface area (Å²) in [6, 6.07) is 9.68. The molecule has 1 atom stereocenters. The molecule has 1 amide bonds. The predicted molar refractivity (Wildman–Crippen MR) is 94.0 cm³/mol. The first-order valence-corrected chi connectivity index (χ1v) is 7.99. The third-order valence-electron chi connectivity index (χ3n) is 4.11. The Labute approximate surface area is 142 Å². The number of benzene rings is 1. The van der Waals surface area contributed by atoms with Crippen LogP contribution in [-0.4, -0.2) is 22.5 Å². The van der Waals surface area contributed by atoms with Crippen LogP contribution in [0, 0.1) is 27.7 Å². The lowest BCUT2D eigenvalue weighted by molar-refractivity contribution is -0.153. The fourth-order valence-corrected chi connectivity index (χ4v) is 2.60. The quantitative estimate of drug-likeness (QED) is 0.857. The lowest BCUT2D eigenvalue weighted by Crippen LogP contribution is -2.31. The Balaban J connectivity index is 1.97. The lowest BCUT2D eigenvalue weighted by Gasteiger charge is -2.17. The third kappa shape index (κ3) is 4.04. The van der Waals surface area contributed by atoms with Crippen LogP contribution in [-0.2, 0) is 20.9 Å². The molecule has 0 aliphatic carbocycles. The minimum absolute atomic E-state index is 0.103. The number of esters is 1. The van der Waals surface area contributed by atoms with Gasteiger partial charge in [0.05, 0.1) is 0 Å². The molecule has 0 fully saturated rings. The van der Waals surface area contributed by atoms with E-state index in [1.165, 1.54) is 0 Å². The zero-order valence-corrected chi connectivity index (χ0v) is 14.8. The summed E-state index contributed by atoms with van der Waals surface area (Å²) in [5.41, 5.74) is 4.68. The minimum atomic E-state index is -0.854. The fourth-order valence-electron chi connectivity index (χ4n) is 2.60. The second-order valence-electron chi connectivity index (χ2n) is 6.09. The molecule has 1 heterocycles. The summed E-state index contributed by atoms with van der Waals surface area (Å²) >= 11 is 0. The van der Waals surface area contributed by atoms with E-state index in [0.29, 0.717) is 0 Å². The number of para-hydroxylation sites is 1. The molecule has 0 aliphatic rings. The third-order valence-corrected chi connectivity index (χ3v) is 4.11. The highest BCUT2D eigenvalue weighted by Crippen LogP contribution is 2.19. The summed E-state index contributed by atoms with van der Waals surface area (Å²) in [5, 5.41) is 2.84. The first-order chi connectivity index (χ1) is 11.3. The topological polar surface area (TPSA) is 60.3 Å². The monoisotopic (exact) mass is 328 g/mol. The Hall–Kier alpha value is -2.56. The van der Waals surface area contributed by atoms with Crippen molar-refractivity contribution >= 4 is 17.6 Å². The molecule has 1 aromatic carbocycles. The van der Waals surface area contributed by atoms with Gasteiger partial charge in [0, 0.05) is 17.1 Å². The minimum Gasteiger partial charge on any atom is -0.451 e. The Kier molecular flexibility index (Phi) is 5.44. The molecule has 0 bridgehead atoms. The molecule has 0 saturated heterocycles. The average molecular weight is 328 g/mol. The molecule has 5 nitrogen and oxygen atoms in total. The van der Waals surface area contributed by atoms with Crippen molar-refractivity contribution in [3.05, 3.63) is 52.8 Å². The van der Waals surface area contributed by atoms with Crippen LogP contribution in [0.3, 0.4) is 0 Å². The maximum absolute atomic E-state index is 12.3. The van der Waals surface area contributed by atoms with Gasteiger partial charge >= 0.3 is 5.97 Å². The van der Waals surface area contributed by atoms with Crippen molar-refractivity contribution in [3.63, 3.8) is 0 Å². The number of carbonyl (C=O) groups excluding carboxylic acids is 2. The van der Waals surface area contributed by atoms with Crippen LogP contribution in [0.25, 0.3) is 0 Å².